The van der Waals surface area contributed by atoms with Gasteiger partial charge in [-0.05, 0) is 37.5 Å². The van der Waals surface area contributed by atoms with Crippen LogP contribution < -0.4 is 11.1 Å². The maximum atomic E-state index is 11.9. The summed E-state index contributed by atoms with van der Waals surface area (Å²) in [6.45, 7) is 4.22. The lowest BCUT2D eigenvalue weighted by Gasteiger charge is -2.26. The number of amides is 1. The SMILES string of the molecule is CC(C)CC(CO)NC(=O)CCC1CCCC(N)C1. The Morgan fingerprint density at radius 1 is 1.42 bits per heavy atom. The number of carbonyl (C=O) groups is 1. The lowest BCUT2D eigenvalue weighted by Crippen LogP contribution is -2.38. The highest BCUT2D eigenvalue weighted by molar-refractivity contribution is 5.76. The molecule has 0 heterocycles. The van der Waals surface area contributed by atoms with Crippen LogP contribution in [-0.2, 0) is 4.79 Å². The van der Waals surface area contributed by atoms with Gasteiger partial charge in [-0.1, -0.05) is 26.7 Å². The fraction of sp³-hybridized carbons (Fsp3) is 0.933. The first-order valence-corrected chi connectivity index (χ1v) is 7.67. The molecular weight excluding hydrogens is 240 g/mol. The van der Waals surface area contributed by atoms with Crippen LogP contribution in [0.5, 0.6) is 0 Å². The minimum Gasteiger partial charge on any atom is -0.394 e. The van der Waals surface area contributed by atoms with Gasteiger partial charge in [0, 0.05) is 12.5 Å². The van der Waals surface area contributed by atoms with Crippen molar-refractivity contribution in [2.75, 3.05) is 6.61 Å². The van der Waals surface area contributed by atoms with Gasteiger partial charge in [0.25, 0.3) is 0 Å². The van der Waals surface area contributed by atoms with Crippen molar-refractivity contribution in [2.24, 2.45) is 17.6 Å². The van der Waals surface area contributed by atoms with Crippen molar-refractivity contribution < 1.29 is 9.90 Å². The Morgan fingerprint density at radius 2 is 2.16 bits per heavy atom. The maximum absolute atomic E-state index is 11.9. The van der Waals surface area contributed by atoms with Gasteiger partial charge >= 0.3 is 0 Å². The van der Waals surface area contributed by atoms with Crippen LogP contribution in [0.4, 0.5) is 0 Å². The van der Waals surface area contributed by atoms with Gasteiger partial charge in [0.05, 0.1) is 12.6 Å². The molecule has 3 unspecified atom stereocenters. The highest BCUT2D eigenvalue weighted by Gasteiger charge is 2.20. The number of aliphatic hydroxyl groups excluding tert-OH is 1. The average molecular weight is 270 g/mol. The first-order valence-electron chi connectivity index (χ1n) is 7.67. The molecule has 0 aromatic rings. The Bertz CT molecular complexity index is 269. The van der Waals surface area contributed by atoms with E-state index >= 15 is 0 Å². The number of rotatable bonds is 7. The lowest BCUT2D eigenvalue weighted by atomic mass is 9.83. The molecule has 0 bridgehead atoms. The van der Waals surface area contributed by atoms with Gasteiger partial charge in [0.15, 0.2) is 0 Å². The average Bonchev–Trinajstić information content (AvgIpc) is 2.35. The highest BCUT2D eigenvalue weighted by atomic mass is 16.3. The van der Waals surface area contributed by atoms with Crippen LogP contribution >= 0.6 is 0 Å². The number of nitrogens with one attached hydrogen (secondary N) is 1. The van der Waals surface area contributed by atoms with E-state index in [0.717, 1.165) is 25.7 Å². The Morgan fingerprint density at radius 3 is 2.74 bits per heavy atom. The summed E-state index contributed by atoms with van der Waals surface area (Å²) >= 11 is 0. The molecule has 4 N–H and O–H groups in total. The zero-order chi connectivity index (χ0) is 14.3. The third-order valence-corrected chi connectivity index (χ3v) is 3.94. The van der Waals surface area contributed by atoms with E-state index < -0.39 is 0 Å². The summed E-state index contributed by atoms with van der Waals surface area (Å²) in [4.78, 5) is 11.9. The number of aliphatic hydroxyl groups is 1. The van der Waals surface area contributed by atoms with Crippen molar-refractivity contribution in [3.05, 3.63) is 0 Å². The molecular formula is C15H30N2O2. The fourth-order valence-corrected chi connectivity index (χ4v) is 2.98. The first kappa shape index (κ1) is 16.4. The largest absolute Gasteiger partial charge is 0.394 e. The van der Waals surface area contributed by atoms with Crippen LogP contribution in [-0.4, -0.2) is 29.7 Å². The van der Waals surface area contributed by atoms with Gasteiger partial charge in [-0.15, -0.1) is 0 Å². The van der Waals surface area contributed by atoms with Crippen molar-refractivity contribution in [3.63, 3.8) is 0 Å². The molecule has 1 aliphatic rings. The number of hydrogen-bond donors (Lipinski definition) is 3. The summed E-state index contributed by atoms with van der Waals surface area (Å²) in [6.07, 6.45) is 6.91. The maximum Gasteiger partial charge on any atom is 0.220 e. The third-order valence-electron chi connectivity index (χ3n) is 3.94. The van der Waals surface area contributed by atoms with Crippen LogP contribution in [0.25, 0.3) is 0 Å². The molecule has 1 aliphatic carbocycles. The van der Waals surface area contributed by atoms with Crippen LogP contribution in [0.3, 0.4) is 0 Å². The zero-order valence-electron chi connectivity index (χ0n) is 12.4. The summed E-state index contributed by atoms with van der Waals surface area (Å²) in [6, 6.07) is 0.231. The highest BCUT2D eigenvalue weighted by Crippen LogP contribution is 2.26. The van der Waals surface area contributed by atoms with E-state index in [0.29, 0.717) is 24.3 Å². The smallest absolute Gasteiger partial charge is 0.220 e. The Labute approximate surface area is 117 Å². The molecule has 0 aliphatic heterocycles. The normalized spacial score (nSPS) is 25.3. The molecule has 112 valence electrons. The van der Waals surface area contributed by atoms with Crippen molar-refractivity contribution in [3.8, 4) is 0 Å². The molecule has 1 amide bonds. The molecule has 0 spiro atoms. The van der Waals surface area contributed by atoms with E-state index in [1.54, 1.807) is 0 Å². The standard InChI is InChI=1S/C15H30N2O2/c1-11(2)8-14(10-18)17-15(19)7-6-12-4-3-5-13(16)9-12/h11-14,18H,3-10,16H2,1-2H3,(H,17,19). The second-order valence-electron chi connectivity index (χ2n) is 6.41. The minimum atomic E-state index is -0.0962. The van der Waals surface area contributed by atoms with Gasteiger partial charge < -0.3 is 16.2 Å². The Kier molecular flexibility index (Phi) is 7.39. The van der Waals surface area contributed by atoms with Gasteiger partial charge in [0.2, 0.25) is 5.91 Å². The summed E-state index contributed by atoms with van der Waals surface area (Å²) in [5.74, 6) is 1.15. The lowest BCUT2D eigenvalue weighted by molar-refractivity contribution is -0.122. The number of carbonyl (C=O) groups excluding carboxylic acids is 1. The van der Waals surface area contributed by atoms with Gasteiger partial charge in [0.1, 0.15) is 0 Å². The third kappa shape index (κ3) is 6.92. The Hall–Kier alpha value is -0.610. The second kappa shape index (κ2) is 8.54. The first-order chi connectivity index (χ1) is 9.01. The van der Waals surface area contributed by atoms with Crippen LogP contribution in [0.1, 0.15) is 58.8 Å². The summed E-state index contributed by atoms with van der Waals surface area (Å²) < 4.78 is 0. The molecule has 0 radical (unpaired) electrons. The van der Waals surface area contributed by atoms with Crippen molar-refractivity contribution in [2.45, 2.75) is 70.9 Å². The molecule has 1 saturated carbocycles. The van der Waals surface area contributed by atoms with Gasteiger partial charge in [-0.3, -0.25) is 4.79 Å². The summed E-state index contributed by atoms with van der Waals surface area (Å²) in [7, 11) is 0. The fourth-order valence-electron chi connectivity index (χ4n) is 2.98. The van der Waals surface area contributed by atoms with E-state index in [9.17, 15) is 9.90 Å². The monoisotopic (exact) mass is 270 g/mol. The van der Waals surface area contributed by atoms with E-state index in [-0.39, 0.29) is 18.6 Å². The van der Waals surface area contributed by atoms with Crippen LogP contribution in [0.2, 0.25) is 0 Å². The summed E-state index contributed by atoms with van der Waals surface area (Å²) in [5.41, 5.74) is 5.95. The quantitative estimate of drug-likeness (QED) is 0.660. The molecule has 1 rings (SSSR count). The molecule has 19 heavy (non-hydrogen) atoms. The molecule has 0 saturated heterocycles. The molecule has 0 aromatic heterocycles. The summed E-state index contributed by atoms with van der Waals surface area (Å²) in [5, 5.41) is 12.2. The van der Waals surface area contributed by atoms with Crippen LogP contribution in [0, 0.1) is 11.8 Å². The number of hydrogen-bond acceptors (Lipinski definition) is 3. The predicted octanol–water partition coefficient (Wildman–Crippen LogP) is 1.81. The Balaban J connectivity index is 2.22. The van der Waals surface area contributed by atoms with E-state index in [4.69, 9.17) is 5.73 Å². The van der Waals surface area contributed by atoms with Gasteiger partial charge in [-0.2, -0.15) is 0 Å². The minimum absolute atomic E-state index is 0.0260. The van der Waals surface area contributed by atoms with Crippen molar-refractivity contribution in [1.82, 2.24) is 5.32 Å². The second-order valence-corrected chi connectivity index (χ2v) is 6.41. The van der Waals surface area contributed by atoms with Crippen molar-refractivity contribution >= 4 is 5.91 Å². The molecule has 1 fully saturated rings. The van der Waals surface area contributed by atoms with E-state index in [1.807, 2.05) is 0 Å². The zero-order valence-corrected chi connectivity index (χ0v) is 12.4. The van der Waals surface area contributed by atoms with Gasteiger partial charge in [-0.25, -0.2) is 0 Å². The van der Waals surface area contributed by atoms with E-state index in [1.165, 1.54) is 12.8 Å². The topological polar surface area (TPSA) is 75.3 Å². The van der Waals surface area contributed by atoms with E-state index in [2.05, 4.69) is 19.2 Å². The molecule has 4 nitrogen and oxygen atoms in total. The molecule has 0 aromatic carbocycles. The number of nitrogens with two attached hydrogens (primary N) is 1. The van der Waals surface area contributed by atoms with Crippen LogP contribution in [0.15, 0.2) is 0 Å². The molecule has 3 atom stereocenters. The van der Waals surface area contributed by atoms with Crippen molar-refractivity contribution in [1.29, 1.82) is 0 Å². The predicted molar refractivity (Wildman–Crippen MR) is 77.6 cm³/mol. The molecule has 4 heteroatoms.